The van der Waals surface area contributed by atoms with Crippen LogP contribution in [0.4, 0.5) is 0 Å². The quantitative estimate of drug-likeness (QED) is 0.528. The summed E-state index contributed by atoms with van der Waals surface area (Å²) in [5, 5.41) is -0.119. The topological polar surface area (TPSA) is 18.5 Å². The molecule has 0 amide bonds. The van der Waals surface area contributed by atoms with E-state index in [9.17, 15) is 0 Å². The van der Waals surface area contributed by atoms with Crippen LogP contribution in [0.3, 0.4) is 0 Å². The standard InChI is InChI=1S/C11H27O2Si2/c1-9-11(10-2,13-14(4,5)6)15(7,8)12-3/h7,9-10H2,1-6,8H3/q-1. The maximum Gasteiger partial charge on any atom is 0.184 e. The Morgan fingerprint density at radius 3 is 1.67 bits per heavy atom. The lowest BCUT2D eigenvalue weighted by Crippen LogP contribution is -2.61. The van der Waals surface area contributed by atoms with Crippen LogP contribution >= 0.6 is 0 Å². The first-order chi connectivity index (χ1) is 6.64. The molecule has 1 atom stereocenters. The lowest BCUT2D eigenvalue weighted by atomic mass is 10.2. The van der Waals surface area contributed by atoms with Gasteiger partial charge in [0.05, 0.1) is 8.32 Å². The second-order valence-corrected chi connectivity index (χ2v) is 13.6. The number of rotatable bonds is 6. The minimum Gasteiger partial charge on any atom is -0.449 e. The van der Waals surface area contributed by atoms with E-state index in [-0.39, 0.29) is 5.22 Å². The molecule has 0 fully saturated rings. The third kappa shape index (κ3) is 3.69. The Morgan fingerprint density at radius 2 is 1.47 bits per heavy atom. The third-order valence-electron chi connectivity index (χ3n) is 3.06. The fourth-order valence-electron chi connectivity index (χ4n) is 2.02. The van der Waals surface area contributed by atoms with E-state index in [2.05, 4.69) is 46.6 Å². The first-order valence-corrected chi connectivity index (χ1v) is 11.8. The van der Waals surface area contributed by atoms with Crippen molar-refractivity contribution in [1.82, 2.24) is 0 Å². The highest BCUT2D eigenvalue weighted by Gasteiger charge is 2.43. The summed E-state index contributed by atoms with van der Waals surface area (Å²) in [4.78, 5) is 0. The summed E-state index contributed by atoms with van der Waals surface area (Å²) in [5.41, 5.74) is 0. The Hall–Kier alpha value is 0.354. The Bertz CT molecular complexity index is 193. The van der Waals surface area contributed by atoms with E-state index in [1.165, 1.54) is 0 Å². The predicted molar refractivity (Wildman–Crippen MR) is 71.7 cm³/mol. The van der Waals surface area contributed by atoms with Crippen LogP contribution in [-0.2, 0) is 8.85 Å². The lowest BCUT2D eigenvalue weighted by molar-refractivity contribution is 0.104. The highest BCUT2D eigenvalue weighted by molar-refractivity contribution is 6.79. The van der Waals surface area contributed by atoms with Gasteiger partial charge >= 0.3 is 0 Å². The molecule has 0 aliphatic heterocycles. The van der Waals surface area contributed by atoms with Crippen molar-refractivity contribution in [2.45, 2.75) is 58.1 Å². The molecule has 1 unspecified atom stereocenters. The molecule has 0 saturated heterocycles. The van der Waals surface area contributed by atoms with Gasteiger partial charge in [0, 0.05) is 12.3 Å². The Labute approximate surface area is 97.6 Å². The number of hydrogen-bond donors (Lipinski definition) is 0. The summed E-state index contributed by atoms with van der Waals surface area (Å²) in [6.07, 6.45) is 1.99. The van der Waals surface area contributed by atoms with E-state index < -0.39 is 16.6 Å². The zero-order valence-electron chi connectivity index (χ0n) is 11.4. The van der Waals surface area contributed by atoms with Gasteiger partial charge in [0.2, 0.25) is 0 Å². The molecule has 0 N–H and O–H groups in total. The Morgan fingerprint density at radius 1 is 1.07 bits per heavy atom. The van der Waals surface area contributed by atoms with Crippen LogP contribution in [-0.4, -0.2) is 29.0 Å². The summed E-state index contributed by atoms with van der Waals surface area (Å²) < 4.78 is 12.0. The molecule has 2 nitrogen and oxygen atoms in total. The fraction of sp³-hybridized carbons (Fsp3) is 0.909. The first kappa shape index (κ1) is 15.4. The van der Waals surface area contributed by atoms with E-state index in [1.54, 1.807) is 7.11 Å². The lowest BCUT2D eigenvalue weighted by Gasteiger charge is -2.51. The van der Waals surface area contributed by atoms with Crippen molar-refractivity contribution in [2.24, 2.45) is 0 Å². The maximum atomic E-state index is 6.39. The SMILES string of the molecule is [CH2-][Si](C)(OC)C(CC)(CC)O[Si](C)(C)C. The Balaban J connectivity index is 5.05. The highest BCUT2D eigenvalue weighted by atomic mass is 28.4. The molecule has 0 rings (SSSR count). The molecule has 0 aliphatic rings. The summed E-state index contributed by atoms with van der Waals surface area (Å²) in [5.74, 6) is 0. The molecular weight excluding hydrogens is 220 g/mol. The molecule has 15 heavy (non-hydrogen) atoms. The van der Waals surface area contributed by atoms with E-state index in [0.29, 0.717) is 0 Å². The monoisotopic (exact) mass is 247 g/mol. The Kier molecular flexibility index (Phi) is 5.24. The first-order valence-electron chi connectivity index (χ1n) is 5.75. The molecule has 0 bridgehead atoms. The summed E-state index contributed by atoms with van der Waals surface area (Å²) in [7, 11) is -1.78. The van der Waals surface area contributed by atoms with Gasteiger partial charge in [-0.1, -0.05) is 20.4 Å². The minimum atomic E-state index is -2.00. The fourth-order valence-corrected chi connectivity index (χ4v) is 7.13. The predicted octanol–water partition coefficient (Wildman–Crippen LogP) is 3.53. The van der Waals surface area contributed by atoms with E-state index >= 15 is 0 Å². The minimum absolute atomic E-state index is 0.119. The van der Waals surface area contributed by atoms with Gasteiger partial charge in [0.25, 0.3) is 0 Å². The molecular formula is C11H27O2Si2-. The van der Waals surface area contributed by atoms with Crippen LogP contribution < -0.4 is 0 Å². The molecule has 4 heteroatoms. The average molecular weight is 248 g/mol. The van der Waals surface area contributed by atoms with Crippen molar-refractivity contribution >= 4 is 16.6 Å². The van der Waals surface area contributed by atoms with Crippen molar-refractivity contribution in [1.29, 1.82) is 0 Å². The van der Waals surface area contributed by atoms with Gasteiger partial charge in [-0.2, -0.15) is 0 Å². The molecule has 0 aliphatic carbocycles. The number of hydrogen-bond acceptors (Lipinski definition) is 2. The smallest absolute Gasteiger partial charge is 0.184 e. The van der Waals surface area contributed by atoms with Gasteiger partial charge in [0.1, 0.15) is 0 Å². The average Bonchev–Trinajstić information content (AvgIpc) is 2.12. The molecule has 0 aromatic heterocycles. The molecule has 0 radical (unpaired) electrons. The summed E-state index contributed by atoms with van der Waals surface area (Å²) >= 11 is 0. The van der Waals surface area contributed by atoms with E-state index in [4.69, 9.17) is 8.85 Å². The van der Waals surface area contributed by atoms with Gasteiger partial charge < -0.3 is 15.4 Å². The van der Waals surface area contributed by atoms with Crippen molar-refractivity contribution in [3.05, 3.63) is 6.55 Å². The van der Waals surface area contributed by atoms with Gasteiger partial charge in [0.15, 0.2) is 8.32 Å². The van der Waals surface area contributed by atoms with Gasteiger partial charge in [-0.05, 0) is 32.5 Å². The van der Waals surface area contributed by atoms with Crippen molar-refractivity contribution in [2.75, 3.05) is 7.11 Å². The normalized spacial score (nSPS) is 17.6. The molecule has 0 heterocycles. The zero-order valence-corrected chi connectivity index (χ0v) is 13.4. The van der Waals surface area contributed by atoms with Crippen molar-refractivity contribution in [3.8, 4) is 0 Å². The molecule has 0 aromatic rings. The zero-order chi connectivity index (χ0) is 12.3. The van der Waals surface area contributed by atoms with Crippen LogP contribution in [0.1, 0.15) is 26.7 Å². The van der Waals surface area contributed by atoms with Gasteiger partial charge in [-0.25, -0.2) is 0 Å². The van der Waals surface area contributed by atoms with Crippen LogP contribution in [0.25, 0.3) is 0 Å². The van der Waals surface area contributed by atoms with Gasteiger partial charge in [-0.15, -0.1) is 0 Å². The molecule has 92 valence electrons. The van der Waals surface area contributed by atoms with Gasteiger partial charge in [-0.3, -0.25) is 0 Å². The van der Waals surface area contributed by atoms with Crippen molar-refractivity contribution < 1.29 is 8.85 Å². The van der Waals surface area contributed by atoms with Crippen LogP contribution in [0.5, 0.6) is 0 Å². The van der Waals surface area contributed by atoms with Crippen LogP contribution in [0.15, 0.2) is 0 Å². The van der Waals surface area contributed by atoms with Crippen molar-refractivity contribution in [3.63, 3.8) is 0 Å². The molecule has 0 saturated carbocycles. The van der Waals surface area contributed by atoms with Crippen LogP contribution in [0, 0.1) is 6.55 Å². The summed E-state index contributed by atoms with van der Waals surface area (Å²) in [6.45, 7) is 17.5. The van der Waals surface area contributed by atoms with Crippen LogP contribution in [0.2, 0.25) is 26.2 Å². The molecule has 0 spiro atoms. The third-order valence-corrected chi connectivity index (χ3v) is 7.90. The maximum absolute atomic E-state index is 6.39. The highest BCUT2D eigenvalue weighted by Crippen LogP contribution is 2.34. The largest absolute Gasteiger partial charge is 0.449 e. The second-order valence-electron chi connectivity index (χ2n) is 5.35. The van der Waals surface area contributed by atoms with E-state index in [0.717, 1.165) is 12.8 Å². The molecule has 0 aromatic carbocycles. The summed E-state index contributed by atoms with van der Waals surface area (Å²) in [6, 6.07) is 0. The second kappa shape index (κ2) is 5.12. The van der Waals surface area contributed by atoms with E-state index in [1.807, 2.05) is 0 Å².